The molecular formula is C26H32O9. The molecule has 2 aliphatic heterocycles. The van der Waals surface area contributed by atoms with E-state index in [4.69, 9.17) is 23.7 Å². The van der Waals surface area contributed by atoms with Crippen LogP contribution in [0, 0.1) is 11.3 Å². The van der Waals surface area contributed by atoms with Crippen molar-refractivity contribution in [3.05, 3.63) is 35.5 Å². The molecule has 2 fully saturated rings. The fourth-order valence-corrected chi connectivity index (χ4v) is 6.14. The minimum atomic E-state index is -1.33. The maximum absolute atomic E-state index is 12.9. The lowest BCUT2D eigenvalue weighted by atomic mass is 9.57. The smallest absolute Gasteiger partial charge is 0.342 e. The number of ether oxygens (including phenoxy) is 5. The Morgan fingerprint density at radius 1 is 1.00 bits per heavy atom. The van der Waals surface area contributed by atoms with Gasteiger partial charge >= 0.3 is 23.9 Å². The molecular weight excluding hydrogens is 456 g/mol. The first-order valence-electron chi connectivity index (χ1n) is 11.7. The van der Waals surface area contributed by atoms with Crippen LogP contribution in [0.3, 0.4) is 0 Å². The zero-order chi connectivity index (χ0) is 25.9. The summed E-state index contributed by atoms with van der Waals surface area (Å²) in [5, 5.41) is 0. The predicted octanol–water partition coefficient (Wildman–Crippen LogP) is 2.72. The largest absolute Gasteiger partial charge is 0.461 e. The average Bonchev–Trinajstić information content (AvgIpc) is 3.32. The van der Waals surface area contributed by atoms with Crippen molar-refractivity contribution in [2.45, 2.75) is 90.5 Å². The van der Waals surface area contributed by atoms with Crippen LogP contribution in [0.15, 0.2) is 35.5 Å². The van der Waals surface area contributed by atoms with Crippen LogP contribution in [0.2, 0.25) is 0 Å². The highest BCUT2D eigenvalue weighted by Crippen LogP contribution is 2.65. The molecule has 0 unspecified atom stereocenters. The highest BCUT2D eigenvalue weighted by atomic mass is 16.7. The van der Waals surface area contributed by atoms with E-state index >= 15 is 0 Å². The third-order valence-corrected chi connectivity index (χ3v) is 7.81. The summed E-state index contributed by atoms with van der Waals surface area (Å²) >= 11 is 0. The predicted molar refractivity (Wildman–Crippen MR) is 122 cm³/mol. The Labute approximate surface area is 204 Å². The third kappa shape index (κ3) is 3.71. The summed E-state index contributed by atoms with van der Waals surface area (Å²) < 4.78 is 29.4. The first-order valence-corrected chi connectivity index (χ1v) is 11.7. The van der Waals surface area contributed by atoms with Crippen molar-refractivity contribution in [2.24, 2.45) is 11.3 Å². The molecule has 0 N–H and O–H groups in total. The van der Waals surface area contributed by atoms with Crippen molar-refractivity contribution in [3.8, 4) is 0 Å². The van der Waals surface area contributed by atoms with Gasteiger partial charge in [-0.05, 0) is 32.9 Å². The second-order valence-electron chi connectivity index (χ2n) is 10.2. The van der Waals surface area contributed by atoms with E-state index in [9.17, 15) is 19.2 Å². The molecule has 2 aliphatic carbocycles. The topological polar surface area (TPSA) is 118 Å². The number of hydrogen-bond donors (Lipinski definition) is 0. The summed E-state index contributed by atoms with van der Waals surface area (Å²) in [5.74, 6) is -2.77. The SMILES string of the molecule is CC(=O)O[C@H]1/C=C\C(C)=C\[C@@H]2OC(=O)[C@]3(C)O[C@]23[C@@H](OC(C)=O)[C@H]2C(C)=CC[C@H](OC(C)=O)[C@]12C. The number of allylic oxidation sites excluding steroid dienone is 2. The van der Waals surface area contributed by atoms with Crippen LogP contribution < -0.4 is 0 Å². The first-order chi connectivity index (χ1) is 16.3. The van der Waals surface area contributed by atoms with Crippen LogP contribution in [0.1, 0.15) is 54.9 Å². The molecule has 2 saturated heterocycles. The Balaban J connectivity index is 2.01. The van der Waals surface area contributed by atoms with Crippen LogP contribution in [0.5, 0.6) is 0 Å². The van der Waals surface area contributed by atoms with E-state index in [1.165, 1.54) is 20.8 Å². The van der Waals surface area contributed by atoms with Crippen LogP contribution in [0.4, 0.5) is 0 Å². The van der Waals surface area contributed by atoms with Crippen LogP contribution in [-0.2, 0) is 42.9 Å². The molecule has 2 heterocycles. The van der Waals surface area contributed by atoms with E-state index in [1.807, 2.05) is 26.8 Å². The maximum Gasteiger partial charge on any atom is 0.342 e. The minimum Gasteiger partial charge on any atom is -0.461 e. The van der Waals surface area contributed by atoms with E-state index in [0.717, 1.165) is 11.1 Å². The Hall–Kier alpha value is -2.94. The standard InChI is InChI=1S/C26H32O9/c1-13-8-10-18(31-15(3)27)24(6)19(32-16(4)28)11-9-14(2)21(24)22(33-17(5)29)26-20(12-13)34-23(30)25(26,7)35-26/h8-10,12,18-22H,11H2,1-7H3/b10-8-,13-12+/t18-,19-,20-,21+,22-,24-,25-,26-/m0/s1. The zero-order valence-corrected chi connectivity index (χ0v) is 21.1. The second-order valence-corrected chi connectivity index (χ2v) is 10.2. The molecule has 0 bridgehead atoms. The molecule has 4 rings (SSSR count). The van der Waals surface area contributed by atoms with E-state index in [1.54, 1.807) is 25.2 Å². The number of carbonyl (C=O) groups is 4. The maximum atomic E-state index is 12.9. The van der Waals surface area contributed by atoms with Gasteiger partial charge in [-0.1, -0.05) is 30.2 Å². The van der Waals surface area contributed by atoms with Gasteiger partial charge in [-0.3, -0.25) is 14.4 Å². The number of epoxide rings is 1. The third-order valence-electron chi connectivity index (χ3n) is 7.81. The normalized spacial score (nSPS) is 44.1. The van der Waals surface area contributed by atoms with Crippen molar-refractivity contribution in [2.75, 3.05) is 0 Å². The van der Waals surface area contributed by atoms with Crippen molar-refractivity contribution < 1.29 is 42.9 Å². The molecule has 0 amide bonds. The molecule has 8 atom stereocenters. The van der Waals surface area contributed by atoms with Gasteiger partial charge in [0.05, 0.1) is 5.41 Å². The molecule has 190 valence electrons. The Kier molecular flexibility index (Phi) is 5.99. The van der Waals surface area contributed by atoms with Crippen LogP contribution in [0.25, 0.3) is 0 Å². The Morgan fingerprint density at radius 3 is 2.20 bits per heavy atom. The summed E-state index contributed by atoms with van der Waals surface area (Å²) in [4.78, 5) is 49.7. The van der Waals surface area contributed by atoms with E-state index in [2.05, 4.69) is 0 Å². The van der Waals surface area contributed by atoms with Crippen molar-refractivity contribution in [1.82, 2.24) is 0 Å². The van der Waals surface area contributed by atoms with Gasteiger partial charge in [0, 0.05) is 33.1 Å². The molecule has 9 heteroatoms. The van der Waals surface area contributed by atoms with Crippen molar-refractivity contribution in [3.63, 3.8) is 0 Å². The van der Waals surface area contributed by atoms with Gasteiger partial charge in [0.25, 0.3) is 0 Å². The lowest BCUT2D eigenvalue weighted by Crippen LogP contribution is -2.61. The van der Waals surface area contributed by atoms with E-state index < -0.39 is 70.8 Å². The summed E-state index contributed by atoms with van der Waals surface area (Å²) in [6.07, 6.45) is 4.17. The van der Waals surface area contributed by atoms with E-state index in [-0.39, 0.29) is 0 Å². The van der Waals surface area contributed by atoms with Gasteiger partial charge in [0.1, 0.15) is 18.3 Å². The molecule has 0 aromatic rings. The van der Waals surface area contributed by atoms with Crippen LogP contribution in [-0.4, -0.2) is 59.5 Å². The van der Waals surface area contributed by atoms with E-state index in [0.29, 0.717) is 6.42 Å². The molecule has 35 heavy (non-hydrogen) atoms. The zero-order valence-electron chi connectivity index (χ0n) is 21.1. The summed E-state index contributed by atoms with van der Waals surface area (Å²) in [6.45, 7) is 11.1. The van der Waals surface area contributed by atoms with Gasteiger partial charge < -0.3 is 23.7 Å². The van der Waals surface area contributed by atoms with Gasteiger partial charge in [-0.25, -0.2) is 4.79 Å². The lowest BCUT2D eigenvalue weighted by molar-refractivity contribution is -0.191. The quantitative estimate of drug-likeness (QED) is 0.256. The second kappa shape index (κ2) is 8.33. The highest BCUT2D eigenvalue weighted by Gasteiger charge is 2.87. The lowest BCUT2D eigenvalue weighted by Gasteiger charge is -2.52. The van der Waals surface area contributed by atoms with Gasteiger partial charge in [-0.15, -0.1) is 0 Å². The van der Waals surface area contributed by atoms with Gasteiger partial charge in [0.2, 0.25) is 0 Å². The Bertz CT molecular complexity index is 1070. The molecule has 4 aliphatic rings. The number of hydrogen-bond acceptors (Lipinski definition) is 9. The fraction of sp³-hybridized carbons (Fsp3) is 0.615. The molecule has 1 spiro atoms. The number of carbonyl (C=O) groups excluding carboxylic acids is 4. The minimum absolute atomic E-state index is 0.371. The molecule has 0 aromatic heterocycles. The fourth-order valence-electron chi connectivity index (χ4n) is 6.14. The average molecular weight is 489 g/mol. The summed E-state index contributed by atoms with van der Waals surface area (Å²) in [6, 6.07) is 0. The number of rotatable bonds is 3. The highest BCUT2D eigenvalue weighted by molar-refractivity contribution is 5.89. The molecule has 0 aromatic carbocycles. The Morgan fingerprint density at radius 2 is 1.63 bits per heavy atom. The van der Waals surface area contributed by atoms with Crippen molar-refractivity contribution >= 4 is 23.9 Å². The van der Waals surface area contributed by atoms with Gasteiger partial charge in [0.15, 0.2) is 17.3 Å². The van der Waals surface area contributed by atoms with Crippen molar-refractivity contribution in [1.29, 1.82) is 0 Å². The number of fused-ring (bicyclic) bond motifs is 1. The summed E-state index contributed by atoms with van der Waals surface area (Å²) in [5.41, 5.74) is -2.15. The molecule has 9 nitrogen and oxygen atoms in total. The molecule has 0 saturated carbocycles. The first kappa shape index (κ1) is 25.2. The number of esters is 4. The molecule has 0 radical (unpaired) electrons. The van der Waals surface area contributed by atoms with Gasteiger partial charge in [-0.2, -0.15) is 0 Å². The monoisotopic (exact) mass is 488 g/mol. The van der Waals surface area contributed by atoms with Crippen LogP contribution >= 0.6 is 0 Å². The summed E-state index contributed by atoms with van der Waals surface area (Å²) in [7, 11) is 0.